The number of pyridine rings is 1. The molecule has 4 heteroatoms. The van der Waals surface area contributed by atoms with E-state index in [2.05, 4.69) is 22.9 Å². The normalized spacial score (nSPS) is 9.37. The van der Waals surface area contributed by atoms with Gasteiger partial charge in [0, 0.05) is 40.3 Å². The van der Waals surface area contributed by atoms with E-state index in [-0.39, 0.29) is 5.91 Å². The molecule has 0 spiro atoms. The molecule has 4 nitrogen and oxygen atoms in total. The van der Waals surface area contributed by atoms with Crippen LogP contribution in [-0.4, -0.2) is 43.0 Å². The van der Waals surface area contributed by atoms with E-state index >= 15 is 0 Å². The molecule has 1 rings (SSSR count). The van der Waals surface area contributed by atoms with Crippen LogP contribution in [0.1, 0.15) is 33.3 Å². The van der Waals surface area contributed by atoms with Crippen molar-refractivity contribution in [2.75, 3.05) is 32.1 Å². The molecule has 108 valence electrons. The number of nitrogens with zero attached hydrogens (tertiary/aromatic N) is 3. The Kier molecular flexibility index (Phi) is 8.58. The molecule has 0 atom stereocenters. The number of carbonyl (C=O) groups excluding carboxylic acids is 1. The minimum absolute atomic E-state index is 0.0914. The molecule has 19 heavy (non-hydrogen) atoms. The second-order valence-corrected chi connectivity index (χ2v) is 4.24. The van der Waals surface area contributed by atoms with E-state index in [1.165, 1.54) is 5.56 Å². The van der Waals surface area contributed by atoms with Gasteiger partial charge in [0.05, 0.1) is 0 Å². The van der Waals surface area contributed by atoms with Gasteiger partial charge in [-0.15, -0.1) is 0 Å². The number of hydrogen-bond acceptors (Lipinski definition) is 3. The molecule has 0 unspecified atom stereocenters. The molecule has 0 radical (unpaired) electrons. The summed E-state index contributed by atoms with van der Waals surface area (Å²) in [6.45, 7) is 9.21. The molecule has 0 saturated carbocycles. The Balaban J connectivity index is 0.00000154. The van der Waals surface area contributed by atoms with Gasteiger partial charge in [-0.2, -0.15) is 0 Å². The van der Waals surface area contributed by atoms with Gasteiger partial charge < -0.3 is 9.80 Å². The van der Waals surface area contributed by atoms with Crippen molar-refractivity contribution in [1.82, 2.24) is 9.88 Å². The third-order valence-corrected chi connectivity index (χ3v) is 2.92. The van der Waals surface area contributed by atoms with Crippen LogP contribution in [0.2, 0.25) is 0 Å². The lowest BCUT2D eigenvalue weighted by Crippen LogP contribution is -2.33. The van der Waals surface area contributed by atoms with Crippen LogP contribution < -0.4 is 4.90 Å². The molecule has 0 saturated heterocycles. The third-order valence-electron chi connectivity index (χ3n) is 2.92. The largest absolute Gasteiger partial charge is 0.358 e. The van der Waals surface area contributed by atoms with E-state index < -0.39 is 0 Å². The molecule has 0 aromatic carbocycles. The molecule has 1 aromatic heterocycles. The zero-order valence-corrected chi connectivity index (χ0v) is 13.1. The van der Waals surface area contributed by atoms with E-state index in [4.69, 9.17) is 0 Å². The number of aromatic nitrogens is 1. The highest BCUT2D eigenvalue weighted by Crippen LogP contribution is 2.11. The maximum atomic E-state index is 11.1. The second-order valence-electron chi connectivity index (χ2n) is 4.24. The van der Waals surface area contributed by atoms with Crippen molar-refractivity contribution in [3.05, 3.63) is 23.9 Å². The predicted octanol–water partition coefficient (Wildman–Crippen LogP) is 2.58. The van der Waals surface area contributed by atoms with Crippen LogP contribution in [0.3, 0.4) is 0 Å². The fraction of sp³-hybridized carbons (Fsp3) is 0.600. The van der Waals surface area contributed by atoms with Crippen molar-refractivity contribution in [3.8, 4) is 0 Å². The van der Waals surface area contributed by atoms with Crippen LogP contribution >= 0.6 is 0 Å². The fourth-order valence-electron chi connectivity index (χ4n) is 1.46. The Morgan fingerprint density at radius 2 is 1.89 bits per heavy atom. The average Bonchev–Trinajstić information content (AvgIpc) is 2.46. The Morgan fingerprint density at radius 3 is 2.42 bits per heavy atom. The Hall–Kier alpha value is -1.58. The van der Waals surface area contributed by atoms with Crippen LogP contribution in [0.4, 0.5) is 5.82 Å². The SMILES string of the molecule is CC.CCc1ccnc(N(C)CCN(C)C(C)=O)c1. The Bertz CT molecular complexity index is 379. The van der Waals surface area contributed by atoms with Crippen molar-refractivity contribution in [1.29, 1.82) is 0 Å². The first-order chi connectivity index (χ1) is 9.04. The first-order valence-electron chi connectivity index (χ1n) is 6.92. The molecule has 0 aliphatic carbocycles. The van der Waals surface area contributed by atoms with Gasteiger partial charge in [0.25, 0.3) is 0 Å². The average molecular weight is 265 g/mol. The lowest BCUT2D eigenvalue weighted by atomic mass is 10.2. The van der Waals surface area contributed by atoms with Crippen LogP contribution in [0.5, 0.6) is 0 Å². The van der Waals surface area contributed by atoms with Gasteiger partial charge in [0.1, 0.15) is 5.82 Å². The van der Waals surface area contributed by atoms with Crippen molar-refractivity contribution in [3.63, 3.8) is 0 Å². The van der Waals surface area contributed by atoms with Crippen LogP contribution in [-0.2, 0) is 11.2 Å². The van der Waals surface area contributed by atoms with Gasteiger partial charge in [-0.25, -0.2) is 4.98 Å². The summed E-state index contributed by atoms with van der Waals surface area (Å²) in [5.41, 5.74) is 1.28. The number of hydrogen-bond donors (Lipinski definition) is 0. The summed E-state index contributed by atoms with van der Waals surface area (Å²) in [6.07, 6.45) is 2.84. The van der Waals surface area contributed by atoms with Crippen LogP contribution in [0, 0.1) is 0 Å². The smallest absolute Gasteiger partial charge is 0.219 e. The van der Waals surface area contributed by atoms with Crippen LogP contribution in [0.25, 0.3) is 0 Å². The van der Waals surface area contributed by atoms with E-state index in [1.807, 2.05) is 40.2 Å². The molecular weight excluding hydrogens is 238 g/mol. The third kappa shape index (κ3) is 6.22. The summed E-state index contributed by atoms with van der Waals surface area (Å²) < 4.78 is 0. The molecule has 0 aliphatic heterocycles. The number of amides is 1. The van der Waals surface area contributed by atoms with Gasteiger partial charge in [-0.05, 0) is 24.1 Å². The number of aryl methyl sites for hydroxylation is 1. The quantitative estimate of drug-likeness (QED) is 0.821. The highest BCUT2D eigenvalue weighted by Gasteiger charge is 2.06. The zero-order valence-electron chi connectivity index (χ0n) is 13.1. The molecule has 1 amide bonds. The summed E-state index contributed by atoms with van der Waals surface area (Å²) >= 11 is 0. The molecule has 0 N–H and O–H groups in total. The lowest BCUT2D eigenvalue weighted by molar-refractivity contribution is -0.127. The highest BCUT2D eigenvalue weighted by molar-refractivity contribution is 5.72. The van der Waals surface area contributed by atoms with E-state index in [1.54, 1.807) is 11.8 Å². The molecule has 0 fully saturated rings. The summed E-state index contributed by atoms with van der Waals surface area (Å²) in [5, 5.41) is 0. The summed E-state index contributed by atoms with van der Waals surface area (Å²) in [6, 6.07) is 4.12. The Morgan fingerprint density at radius 1 is 1.26 bits per heavy atom. The minimum atomic E-state index is 0.0914. The lowest BCUT2D eigenvalue weighted by Gasteiger charge is -2.22. The van der Waals surface area contributed by atoms with Gasteiger partial charge in [0.2, 0.25) is 5.91 Å². The molecule has 1 aromatic rings. The highest BCUT2D eigenvalue weighted by atomic mass is 16.2. The van der Waals surface area contributed by atoms with Gasteiger partial charge >= 0.3 is 0 Å². The van der Waals surface area contributed by atoms with Gasteiger partial charge in [-0.1, -0.05) is 20.8 Å². The molecule has 1 heterocycles. The second kappa shape index (κ2) is 9.36. The van der Waals surface area contributed by atoms with Crippen molar-refractivity contribution < 1.29 is 4.79 Å². The molecular formula is C15H27N3O. The Labute approximate surface area is 117 Å². The number of likely N-dealkylation sites (N-methyl/N-ethyl adjacent to an activating group) is 2. The predicted molar refractivity (Wildman–Crippen MR) is 81.5 cm³/mol. The monoisotopic (exact) mass is 265 g/mol. The maximum absolute atomic E-state index is 11.1. The fourth-order valence-corrected chi connectivity index (χ4v) is 1.46. The number of carbonyl (C=O) groups is 1. The van der Waals surface area contributed by atoms with E-state index in [0.29, 0.717) is 6.54 Å². The number of rotatable bonds is 5. The first kappa shape index (κ1) is 17.4. The van der Waals surface area contributed by atoms with E-state index in [0.717, 1.165) is 18.8 Å². The summed E-state index contributed by atoms with van der Waals surface area (Å²) in [7, 11) is 3.81. The maximum Gasteiger partial charge on any atom is 0.219 e. The van der Waals surface area contributed by atoms with Crippen molar-refractivity contribution >= 4 is 11.7 Å². The van der Waals surface area contributed by atoms with Crippen molar-refractivity contribution in [2.45, 2.75) is 34.1 Å². The number of anilines is 1. The molecule has 0 aliphatic rings. The van der Waals surface area contributed by atoms with Crippen LogP contribution in [0.15, 0.2) is 18.3 Å². The standard InChI is InChI=1S/C13H21N3O.C2H6/c1-5-12-6-7-14-13(10-12)16(4)9-8-15(3)11(2)17;1-2/h6-7,10H,5,8-9H2,1-4H3;1-2H3. The topological polar surface area (TPSA) is 36.4 Å². The minimum Gasteiger partial charge on any atom is -0.358 e. The van der Waals surface area contributed by atoms with E-state index in [9.17, 15) is 4.79 Å². The van der Waals surface area contributed by atoms with Gasteiger partial charge in [0.15, 0.2) is 0 Å². The first-order valence-corrected chi connectivity index (χ1v) is 6.92. The zero-order chi connectivity index (χ0) is 14.8. The summed E-state index contributed by atoms with van der Waals surface area (Å²) in [4.78, 5) is 19.2. The summed E-state index contributed by atoms with van der Waals surface area (Å²) in [5.74, 6) is 1.05. The van der Waals surface area contributed by atoms with Crippen molar-refractivity contribution in [2.24, 2.45) is 0 Å². The van der Waals surface area contributed by atoms with Gasteiger partial charge in [-0.3, -0.25) is 4.79 Å². The molecule has 0 bridgehead atoms.